The minimum absolute atomic E-state index is 0.203. The summed E-state index contributed by atoms with van der Waals surface area (Å²) in [5.41, 5.74) is -0.967. The van der Waals surface area contributed by atoms with E-state index in [1.807, 2.05) is 0 Å². The first-order valence-electron chi connectivity index (χ1n) is 5.42. The Morgan fingerprint density at radius 1 is 1.53 bits per heavy atom. The van der Waals surface area contributed by atoms with Gasteiger partial charge in [-0.3, -0.25) is 4.79 Å². The SMILES string of the molecule is CCOC(=O)[C@H]1N2C(=O)c3ccccc3[C@@]12[O-]. The number of hydrogen-bond acceptors (Lipinski definition) is 4. The Balaban J connectivity index is 2.00. The zero-order chi connectivity index (χ0) is 12.2. The molecule has 5 heteroatoms. The average Bonchev–Trinajstić information content (AvgIpc) is 2.90. The van der Waals surface area contributed by atoms with Crippen molar-refractivity contribution < 1.29 is 19.4 Å². The van der Waals surface area contributed by atoms with Gasteiger partial charge in [-0.05, 0) is 18.6 Å². The van der Waals surface area contributed by atoms with Gasteiger partial charge in [0.1, 0.15) is 6.04 Å². The highest BCUT2D eigenvalue weighted by atomic mass is 16.5. The molecule has 88 valence electrons. The highest BCUT2D eigenvalue weighted by Crippen LogP contribution is 2.52. The molecule has 2 aliphatic heterocycles. The van der Waals surface area contributed by atoms with E-state index in [4.69, 9.17) is 4.74 Å². The van der Waals surface area contributed by atoms with Crippen LogP contribution in [-0.2, 0) is 15.3 Å². The Labute approximate surface area is 97.6 Å². The number of amides is 1. The maximum absolute atomic E-state index is 12.5. The lowest BCUT2D eigenvalue weighted by Crippen LogP contribution is -2.33. The van der Waals surface area contributed by atoms with Gasteiger partial charge in [-0.1, -0.05) is 18.2 Å². The fourth-order valence-corrected chi connectivity index (χ4v) is 2.42. The van der Waals surface area contributed by atoms with E-state index in [1.165, 1.54) is 0 Å². The lowest BCUT2D eigenvalue weighted by molar-refractivity contribution is -0.459. The van der Waals surface area contributed by atoms with Crippen molar-refractivity contribution in [3.8, 4) is 0 Å². The van der Waals surface area contributed by atoms with Crippen LogP contribution >= 0.6 is 0 Å². The Kier molecular flexibility index (Phi) is 1.86. The first-order chi connectivity index (χ1) is 8.12. The standard InChI is InChI=1S/C12H10NO4/c1-2-17-11(15)9-12(16)8-6-4-3-5-7(8)10(14)13(9)12/h3-6,9H,2H2,1H3/q-1/t9-,12-,13?/m1/s1. The minimum atomic E-state index is -1.74. The number of fused-ring (bicyclic) bond motifs is 3. The summed E-state index contributed by atoms with van der Waals surface area (Å²) in [5, 5.41) is 12.5. The second-order valence-corrected chi connectivity index (χ2v) is 4.07. The number of hydrogen-bond donors (Lipinski definition) is 0. The van der Waals surface area contributed by atoms with E-state index < -0.39 is 17.7 Å². The number of carbonyl (C=O) groups is 2. The topological polar surface area (TPSA) is 69.4 Å². The number of nitrogens with zero attached hydrogens (tertiary/aromatic N) is 1. The Morgan fingerprint density at radius 2 is 2.24 bits per heavy atom. The van der Waals surface area contributed by atoms with Crippen molar-refractivity contribution in [3.05, 3.63) is 35.4 Å². The molecular formula is C12H10NO4-. The summed E-state index contributed by atoms with van der Waals surface area (Å²) in [6, 6.07) is 5.59. The predicted octanol–water partition coefficient (Wildman–Crippen LogP) is -0.399. The monoisotopic (exact) mass is 232 g/mol. The van der Waals surface area contributed by atoms with Crippen LogP contribution in [0.25, 0.3) is 0 Å². The van der Waals surface area contributed by atoms with Gasteiger partial charge < -0.3 is 14.7 Å². The van der Waals surface area contributed by atoms with Gasteiger partial charge in [-0.2, -0.15) is 0 Å². The molecule has 5 nitrogen and oxygen atoms in total. The molecule has 1 fully saturated rings. The third-order valence-electron chi connectivity index (χ3n) is 3.19. The normalized spacial score (nSPS) is 28.7. The van der Waals surface area contributed by atoms with Crippen LogP contribution in [0.3, 0.4) is 0 Å². The molecule has 0 saturated carbocycles. The molecule has 0 aromatic heterocycles. The smallest absolute Gasteiger partial charge is 0.330 e. The van der Waals surface area contributed by atoms with Crippen LogP contribution in [0.2, 0.25) is 0 Å². The summed E-state index contributed by atoms with van der Waals surface area (Å²) in [4.78, 5) is 24.5. The summed E-state index contributed by atoms with van der Waals surface area (Å²) in [6.45, 7) is 1.87. The summed E-state index contributed by atoms with van der Waals surface area (Å²) >= 11 is 0. The van der Waals surface area contributed by atoms with Crippen molar-refractivity contribution >= 4 is 11.9 Å². The average molecular weight is 232 g/mol. The first kappa shape index (κ1) is 10.3. The molecule has 1 aromatic rings. The van der Waals surface area contributed by atoms with Crippen LogP contribution in [0.4, 0.5) is 0 Å². The molecule has 17 heavy (non-hydrogen) atoms. The van der Waals surface area contributed by atoms with Crippen molar-refractivity contribution in [1.29, 1.82) is 0 Å². The summed E-state index contributed by atoms with van der Waals surface area (Å²) < 4.78 is 4.80. The molecule has 0 spiro atoms. The van der Waals surface area contributed by atoms with Crippen LogP contribution in [-0.4, -0.2) is 29.4 Å². The summed E-state index contributed by atoms with van der Waals surface area (Å²) in [5.74, 6) is -1.00. The zero-order valence-corrected chi connectivity index (χ0v) is 9.17. The van der Waals surface area contributed by atoms with Gasteiger partial charge in [0.05, 0.1) is 6.61 Å². The quantitative estimate of drug-likeness (QED) is 0.514. The van der Waals surface area contributed by atoms with Crippen LogP contribution in [0.5, 0.6) is 0 Å². The van der Waals surface area contributed by atoms with Gasteiger partial charge in [-0.15, -0.1) is 0 Å². The van der Waals surface area contributed by atoms with E-state index >= 15 is 0 Å². The lowest BCUT2D eigenvalue weighted by atomic mass is 10.0. The Bertz CT molecular complexity index is 527. The van der Waals surface area contributed by atoms with E-state index in [1.54, 1.807) is 31.2 Å². The second-order valence-electron chi connectivity index (χ2n) is 4.07. The van der Waals surface area contributed by atoms with Crippen LogP contribution < -0.4 is 5.11 Å². The van der Waals surface area contributed by atoms with Crippen molar-refractivity contribution in [2.75, 3.05) is 6.61 Å². The van der Waals surface area contributed by atoms with Gasteiger partial charge in [0.15, 0.2) is 0 Å². The highest BCUT2D eigenvalue weighted by molar-refractivity contribution is 6.07. The minimum Gasteiger partial charge on any atom is -0.828 e. The maximum Gasteiger partial charge on any atom is 0.330 e. The molecule has 1 aromatic carbocycles. The van der Waals surface area contributed by atoms with E-state index in [2.05, 4.69) is 0 Å². The van der Waals surface area contributed by atoms with Gasteiger partial charge in [0.2, 0.25) is 0 Å². The van der Waals surface area contributed by atoms with E-state index in [0.717, 1.165) is 4.90 Å². The van der Waals surface area contributed by atoms with Crippen molar-refractivity contribution in [2.45, 2.75) is 18.7 Å². The lowest BCUT2D eigenvalue weighted by Gasteiger charge is -2.18. The molecule has 1 amide bonds. The molecular weight excluding hydrogens is 222 g/mol. The summed E-state index contributed by atoms with van der Waals surface area (Å²) in [7, 11) is 0. The molecule has 0 unspecified atom stereocenters. The molecule has 0 N–H and O–H groups in total. The molecule has 0 radical (unpaired) electrons. The van der Waals surface area contributed by atoms with Gasteiger partial charge in [0.25, 0.3) is 5.91 Å². The molecule has 0 bridgehead atoms. The predicted molar refractivity (Wildman–Crippen MR) is 54.7 cm³/mol. The van der Waals surface area contributed by atoms with Crippen molar-refractivity contribution in [1.82, 2.24) is 4.90 Å². The van der Waals surface area contributed by atoms with Gasteiger partial charge in [0, 0.05) is 11.3 Å². The first-order valence-corrected chi connectivity index (χ1v) is 5.42. The Hall–Kier alpha value is -1.88. The third-order valence-corrected chi connectivity index (χ3v) is 3.19. The molecule has 1 saturated heterocycles. The third kappa shape index (κ3) is 1.07. The Morgan fingerprint density at radius 3 is 2.94 bits per heavy atom. The van der Waals surface area contributed by atoms with Gasteiger partial charge >= 0.3 is 5.97 Å². The van der Waals surface area contributed by atoms with E-state index in [9.17, 15) is 14.7 Å². The van der Waals surface area contributed by atoms with Crippen LogP contribution in [0, 0.1) is 0 Å². The zero-order valence-electron chi connectivity index (χ0n) is 9.17. The number of esters is 1. The number of ether oxygens (including phenoxy) is 1. The van der Waals surface area contributed by atoms with Crippen molar-refractivity contribution in [2.24, 2.45) is 0 Å². The molecule has 3 rings (SSSR count). The fraction of sp³-hybridized carbons (Fsp3) is 0.333. The fourth-order valence-electron chi connectivity index (χ4n) is 2.42. The number of rotatable bonds is 2. The largest absolute Gasteiger partial charge is 0.828 e. The molecule has 2 aliphatic rings. The number of benzene rings is 1. The molecule has 2 atom stereocenters. The number of carbonyl (C=O) groups excluding carboxylic acids is 2. The van der Waals surface area contributed by atoms with Crippen LogP contribution in [0.15, 0.2) is 24.3 Å². The van der Waals surface area contributed by atoms with Crippen molar-refractivity contribution in [3.63, 3.8) is 0 Å². The molecule has 2 heterocycles. The molecule has 0 aliphatic carbocycles. The van der Waals surface area contributed by atoms with E-state index in [0.29, 0.717) is 11.1 Å². The van der Waals surface area contributed by atoms with Gasteiger partial charge in [-0.25, -0.2) is 4.79 Å². The summed E-state index contributed by atoms with van der Waals surface area (Å²) in [6.07, 6.45) is 0. The second kappa shape index (κ2) is 3.07. The maximum atomic E-state index is 12.5. The van der Waals surface area contributed by atoms with Crippen LogP contribution in [0.1, 0.15) is 22.8 Å². The highest BCUT2D eigenvalue weighted by Gasteiger charge is 2.67. The van der Waals surface area contributed by atoms with E-state index in [-0.39, 0.29) is 12.5 Å².